The van der Waals surface area contributed by atoms with Crippen molar-refractivity contribution in [1.82, 2.24) is 9.97 Å². The number of nitrogens with zero attached hydrogens (tertiary/aromatic N) is 2. The maximum absolute atomic E-state index is 13.2. The Morgan fingerprint density at radius 3 is 2.73 bits per heavy atom. The van der Waals surface area contributed by atoms with Gasteiger partial charge in [0.2, 0.25) is 5.95 Å². The van der Waals surface area contributed by atoms with Crippen LogP contribution in [-0.2, 0) is 0 Å². The van der Waals surface area contributed by atoms with E-state index in [9.17, 15) is 4.39 Å². The minimum atomic E-state index is -0.463. The lowest BCUT2D eigenvalue weighted by molar-refractivity contribution is 0.515. The molecule has 0 bridgehead atoms. The zero-order valence-electron chi connectivity index (χ0n) is 9.13. The van der Waals surface area contributed by atoms with Gasteiger partial charge in [-0.2, -0.15) is 4.98 Å². The molecule has 1 heterocycles. The second-order valence-corrected chi connectivity index (χ2v) is 3.49. The first-order valence-corrected chi connectivity index (χ1v) is 5.19. The van der Waals surface area contributed by atoms with E-state index in [0.29, 0.717) is 12.5 Å². The van der Waals surface area contributed by atoms with Crippen LogP contribution < -0.4 is 11.1 Å². The summed E-state index contributed by atoms with van der Waals surface area (Å²) in [6, 6.07) is 0. The van der Waals surface area contributed by atoms with Crippen molar-refractivity contribution in [1.29, 1.82) is 0 Å². The summed E-state index contributed by atoms with van der Waals surface area (Å²) in [7, 11) is 0. The van der Waals surface area contributed by atoms with Gasteiger partial charge in [-0.1, -0.05) is 26.7 Å². The summed E-state index contributed by atoms with van der Waals surface area (Å²) in [5.41, 5.74) is 5.37. The van der Waals surface area contributed by atoms with E-state index in [4.69, 9.17) is 5.73 Å². The Morgan fingerprint density at radius 1 is 1.47 bits per heavy atom. The molecule has 0 unspecified atom stereocenters. The third kappa shape index (κ3) is 3.34. The van der Waals surface area contributed by atoms with Crippen LogP contribution in [-0.4, -0.2) is 16.5 Å². The van der Waals surface area contributed by atoms with E-state index in [1.54, 1.807) is 0 Å². The third-order valence-electron chi connectivity index (χ3n) is 2.48. The normalized spacial score (nSPS) is 10.7. The van der Waals surface area contributed by atoms with Crippen molar-refractivity contribution in [3.63, 3.8) is 0 Å². The van der Waals surface area contributed by atoms with E-state index in [2.05, 4.69) is 29.1 Å². The summed E-state index contributed by atoms with van der Waals surface area (Å²) < 4.78 is 13.2. The molecule has 4 nitrogen and oxygen atoms in total. The first-order valence-electron chi connectivity index (χ1n) is 5.19. The lowest BCUT2D eigenvalue weighted by Gasteiger charge is -2.13. The van der Waals surface area contributed by atoms with Crippen molar-refractivity contribution in [2.24, 2.45) is 5.92 Å². The van der Waals surface area contributed by atoms with Gasteiger partial charge in [-0.05, 0) is 5.92 Å². The van der Waals surface area contributed by atoms with Crippen LogP contribution in [0.3, 0.4) is 0 Å². The molecule has 0 saturated heterocycles. The van der Waals surface area contributed by atoms with Crippen molar-refractivity contribution in [3.8, 4) is 0 Å². The Bertz CT molecular complexity index is 312. The molecule has 0 aliphatic rings. The SMILES string of the molecule is CCC(CC)CNc1nc(N)ncc1F. The van der Waals surface area contributed by atoms with Crippen molar-refractivity contribution in [2.45, 2.75) is 26.7 Å². The molecule has 0 saturated carbocycles. The van der Waals surface area contributed by atoms with Crippen LogP contribution in [0.4, 0.5) is 16.2 Å². The lowest BCUT2D eigenvalue weighted by Crippen LogP contribution is -2.15. The van der Waals surface area contributed by atoms with Crippen LogP contribution in [0.1, 0.15) is 26.7 Å². The van der Waals surface area contributed by atoms with Gasteiger partial charge in [0, 0.05) is 6.54 Å². The van der Waals surface area contributed by atoms with Gasteiger partial charge >= 0.3 is 0 Å². The second-order valence-electron chi connectivity index (χ2n) is 3.49. The summed E-state index contributed by atoms with van der Waals surface area (Å²) in [4.78, 5) is 7.35. The Hall–Kier alpha value is -1.39. The fraction of sp³-hybridized carbons (Fsp3) is 0.600. The highest BCUT2D eigenvalue weighted by Gasteiger charge is 2.07. The van der Waals surface area contributed by atoms with Crippen molar-refractivity contribution < 1.29 is 4.39 Å². The van der Waals surface area contributed by atoms with E-state index in [1.165, 1.54) is 0 Å². The van der Waals surface area contributed by atoms with E-state index in [1.807, 2.05) is 0 Å². The monoisotopic (exact) mass is 212 g/mol. The molecule has 0 amide bonds. The molecule has 0 spiro atoms. The first kappa shape index (κ1) is 11.7. The lowest BCUT2D eigenvalue weighted by atomic mass is 10.0. The minimum Gasteiger partial charge on any atom is -0.368 e. The van der Waals surface area contributed by atoms with E-state index in [0.717, 1.165) is 19.0 Å². The maximum Gasteiger partial charge on any atom is 0.222 e. The molecular weight excluding hydrogens is 195 g/mol. The Morgan fingerprint density at radius 2 is 2.13 bits per heavy atom. The Kier molecular flexibility index (Phi) is 4.27. The van der Waals surface area contributed by atoms with Crippen molar-refractivity contribution in [3.05, 3.63) is 12.0 Å². The molecular formula is C10H17FN4. The molecule has 1 aromatic heterocycles. The van der Waals surface area contributed by atoms with E-state index >= 15 is 0 Å². The summed E-state index contributed by atoms with van der Waals surface area (Å²) >= 11 is 0. The fourth-order valence-corrected chi connectivity index (χ4v) is 1.32. The van der Waals surface area contributed by atoms with Gasteiger partial charge in [0.05, 0.1) is 6.20 Å². The summed E-state index contributed by atoms with van der Waals surface area (Å²) in [6.45, 7) is 4.93. The predicted octanol–water partition coefficient (Wildman–Crippen LogP) is 2.05. The van der Waals surface area contributed by atoms with Gasteiger partial charge in [0.1, 0.15) is 0 Å². The van der Waals surface area contributed by atoms with Gasteiger partial charge in [-0.25, -0.2) is 9.37 Å². The smallest absolute Gasteiger partial charge is 0.222 e. The molecule has 0 aromatic carbocycles. The number of nitrogen functional groups attached to an aromatic ring is 1. The van der Waals surface area contributed by atoms with Crippen LogP contribution in [0.5, 0.6) is 0 Å². The topological polar surface area (TPSA) is 63.8 Å². The maximum atomic E-state index is 13.2. The number of anilines is 2. The van der Waals surface area contributed by atoms with Gasteiger partial charge in [0.25, 0.3) is 0 Å². The number of hydrogen-bond acceptors (Lipinski definition) is 4. The first-order chi connectivity index (χ1) is 7.17. The number of aromatic nitrogens is 2. The zero-order chi connectivity index (χ0) is 11.3. The largest absolute Gasteiger partial charge is 0.368 e. The third-order valence-corrected chi connectivity index (χ3v) is 2.48. The Labute approximate surface area is 89.1 Å². The predicted molar refractivity (Wildman–Crippen MR) is 59.0 cm³/mol. The fourth-order valence-electron chi connectivity index (χ4n) is 1.32. The number of nitrogens with two attached hydrogens (primary N) is 1. The number of halogens is 1. The van der Waals surface area contributed by atoms with Gasteiger partial charge in [-0.15, -0.1) is 0 Å². The van der Waals surface area contributed by atoms with Crippen LogP contribution in [0.15, 0.2) is 6.20 Å². The van der Waals surface area contributed by atoms with Crippen molar-refractivity contribution >= 4 is 11.8 Å². The highest BCUT2D eigenvalue weighted by Crippen LogP contribution is 2.13. The molecule has 5 heteroatoms. The van der Waals surface area contributed by atoms with Crippen LogP contribution in [0, 0.1) is 11.7 Å². The molecule has 0 radical (unpaired) electrons. The van der Waals surface area contributed by atoms with Crippen LogP contribution in [0.2, 0.25) is 0 Å². The molecule has 15 heavy (non-hydrogen) atoms. The van der Waals surface area contributed by atoms with Crippen LogP contribution in [0.25, 0.3) is 0 Å². The molecule has 0 aliphatic carbocycles. The van der Waals surface area contributed by atoms with Gasteiger partial charge in [-0.3, -0.25) is 0 Å². The molecule has 1 aromatic rings. The summed E-state index contributed by atoms with van der Waals surface area (Å²) in [6.07, 6.45) is 3.20. The highest BCUT2D eigenvalue weighted by molar-refractivity contribution is 5.39. The number of nitrogens with one attached hydrogen (secondary N) is 1. The standard InChI is InChI=1S/C10H17FN4/c1-3-7(4-2)5-13-9-8(11)6-14-10(12)15-9/h6-7H,3-5H2,1-2H3,(H3,12,13,14,15). The average molecular weight is 212 g/mol. The summed E-state index contributed by atoms with van der Waals surface area (Å²) in [5.74, 6) is 0.341. The van der Waals surface area contributed by atoms with E-state index < -0.39 is 5.82 Å². The molecule has 1 rings (SSSR count). The molecule has 84 valence electrons. The van der Waals surface area contributed by atoms with Crippen molar-refractivity contribution in [2.75, 3.05) is 17.6 Å². The second kappa shape index (κ2) is 5.48. The van der Waals surface area contributed by atoms with Gasteiger partial charge < -0.3 is 11.1 Å². The highest BCUT2D eigenvalue weighted by atomic mass is 19.1. The minimum absolute atomic E-state index is 0.0865. The molecule has 0 atom stereocenters. The van der Waals surface area contributed by atoms with E-state index in [-0.39, 0.29) is 11.8 Å². The molecule has 0 fully saturated rings. The number of hydrogen-bond donors (Lipinski definition) is 2. The summed E-state index contributed by atoms with van der Waals surface area (Å²) in [5, 5.41) is 2.95. The molecule has 0 aliphatic heterocycles. The number of rotatable bonds is 5. The average Bonchev–Trinajstić information content (AvgIpc) is 2.24. The van der Waals surface area contributed by atoms with Gasteiger partial charge in [0.15, 0.2) is 11.6 Å². The quantitative estimate of drug-likeness (QED) is 0.784. The Balaban J connectivity index is 2.60. The molecule has 3 N–H and O–H groups in total. The zero-order valence-corrected chi connectivity index (χ0v) is 9.13. The van der Waals surface area contributed by atoms with Crippen LogP contribution >= 0.6 is 0 Å².